The number of nitrogens with zero attached hydrogens (tertiary/aromatic N) is 2. The van der Waals surface area contributed by atoms with Gasteiger partial charge >= 0.3 is 0 Å². The Hall–Kier alpha value is -1.16. The van der Waals surface area contributed by atoms with Gasteiger partial charge < -0.3 is 5.32 Å². The van der Waals surface area contributed by atoms with Crippen LogP contribution in [0.2, 0.25) is 0 Å². The maximum absolute atomic E-state index is 11.4. The van der Waals surface area contributed by atoms with Crippen molar-refractivity contribution in [2.75, 3.05) is 13.1 Å². The number of rotatable bonds is 12. The maximum atomic E-state index is 11.4. The highest BCUT2D eigenvalue weighted by molar-refractivity contribution is 5.73. The number of amides is 1. The molecule has 0 saturated heterocycles. The third kappa shape index (κ3) is 6.39. The fourth-order valence-electron chi connectivity index (χ4n) is 3.71. The van der Waals surface area contributed by atoms with Crippen LogP contribution < -0.4 is 5.32 Å². The number of allylic oxidation sites excluding steroid dienone is 2. The molecule has 0 radical (unpaired) electrons. The van der Waals surface area contributed by atoms with Gasteiger partial charge in [-0.15, -0.1) is 0 Å². The quantitative estimate of drug-likeness (QED) is 0.320. The first-order chi connectivity index (χ1) is 11.6. The number of carbonyl (C=O) groups is 1. The summed E-state index contributed by atoms with van der Waals surface area (Å²) in [5.41, 5.74) is 0. The molecular weight excluding hydrogens is 298 g/mol. The van der Waals surface area contributed by atoms with Crippen LogP contribution in [0.5, 0.6) is 0 Å². The van der Waals surface area contributed by atoms with Crippen LogP contribution in [-0.2, 0) is 4.79 Å². The van der Waals surface area contributed by atoms with Crippen LogP contribution in [-0.4, -0.2) is 42.0 Å². The first-order valence-electron chi connectivity index (χ1n) is 9.87. The summed E-state index contributed by atoms with van der Waals surface area (Å²) >= 11 is 0. The molecule has 1 aliphatic heterocycles. The van der Waals surface area contributed by atoms with Gasteiger partial charge in [-0.1, -0.05) is 44.8 Å². The van der Waals surface area contributed by atoms with Crippen molar-refractivity contribution >= 4 is 12.1 Å². The van der Waals surface area contributed by atoms with Crippen molar-refractivity contribution < 1.29 is 9.28 Å². The minimum atomic E-state index is 0.0436. The Balaban J connectivity index is 2.37. The van der Waals surface area contributed by atoms with E-state index < -0.39 is 0 Å². The lowest BCUT2D eigenvalue weighted by Gasteiger charge is -2.42. The zero-order valence-electron chi connectivity index (χ0n) is 16.3. The average molecular weight is 337 g/mol. The zero-order chi connectivity index (χ0) is 17.8. The molecule has 4 heteroatoms. The largest absolute Gasteiger partial charge is 0.307 e. The average Bonchev–Trinajstić information content (AvgIpc) is 2.97. The fourth-order valence-corrected chi connectivity index (χ4v) is 3.71. The number of unbranched alkanes of at least 4 members (excludes halogenated alkanes) is 5. The summed E-state index contributed by atoms with van der Waals surface area (Å²) in [6.45, 7) is 10.1. The van der Waals surface area contributed by atoms with E-state index in [0.717, 1.165) is 30.4 Å². The number of hydrogen-bond donors (Lipinski definition) is 1. The Kier molecular flexibility index (Phi) is 9.92. The summed E-state index contributed by atoms with van der Waals surface area (Å²) in [5.74, 6) is 0.0436. The second-order valence-corrected chi connectivity index (χ2v) is 7.04. The van der Waals surface area contributed by atoms with Gasteiger partial charge in [-0.25, -0.2) is 4.99 Å². The topological polar surface area (TPSA) is 41.5 Å². The van der Waals surface area contributed by atoms with Crippen LogP contribution in [0, 0.1) is 0 Å². The van der Waals surface area contributed by atoms with Crippen molar-refractivity contribution in [3.8, 4) is 0 Å². The van der Waals surface area contributed by atoms with Crippen molar-refractivity contribution in [1.29, 1.82) is 0 Å². The molecule has 3 atom stereocenters. The minimum absolute atomic E-state index is 0.0436. The smallest absolute Gasteiger partial charge is 0.221 e. The Bertz CT molecular complexity index is 419. The molecule has 1 rings (SSSR count). The van der Waals surface area contributed by atoms with Gasteiger partial charge in [-0.3, -0.25) is 9.28 Å². The van der Waals surface area contributed by atoms with E-state index in [2.05, 4.69) is 38.2 Å². The van der Waals surface area contributed by atoms with Gasteiger partial charge in [0.2, 0.25) is 5.91 Å². The summed E-state index contributed by atoms with van der Waals surface area (Å²) in [5, 5.41) is 3.08. The molecule has 24 heavy (non-hydrogen) atoms. The highest BCUT2D eigenvalue weighted by Gasteiger charge is 2.42. The molecule has 0 aliphatic carbocycles. The lowest BCUT2D eigenvalue weighted by molar-refractivity contribution is -0.959. The van der Waals surface area contributed by atoms with Crippen LogP contribution in [0.1, 0.15) is 79.1 Å². The molecule has 0 aromatic heterocycles. The number of quaternary nitrogens is 1. The van der Waals surface area contributed by atoms with Crippen molar-refractivity contribution in [1.82, 2.24) is 5.32 Å². The van der Waals surface area contributed by atoms with Gasteiger partial charge in [0.1, 0.15) is 6.54 Å². The second kappa shape index (κ2) is 11.4. The zero-order valence-corrected chi connectivity index (χ0v) is 16.3. The summed E-state index contributed by atoms with van der Waals surface area (Å²) in [6, 6.07) is 0. The Labute approximate surface area is 149 Å². The standard InChI is InChI=1S/C20H37N3O/c1-5-7-8-9-10-11-12-13-14-15-20-21-16-17-23(20,6-2)18(3)22-19(4)24/h12-13,16,18,20H,5-11,14-15,17H2,1-4H3/p+1/b13-12+. The Morgan fingerprint density at radius 3 is 2.62 bits per heavy atom. The van der Waals surface area contributed by atoms with E-state index in [9.17, 15) is 4.79 Å². The number of carbonyl (C=O) groups excluding carboxylic acids is 1. The fraction of sp³-hybridized carbons (Fsp3) is 0.800. The molecule has 138 valence electrons. The molecule has 1 N–H and O–H groups in total. The molecule has 1 aliphatic rings. The lowest BCUT2D eigenvalue weighted by atomic mass is 10.1. The maximum Gasteiger partial charge on any atom is 0.221 e. The van der Waals surface area contributed by atoms with E-state index in [1.807, 2.05) is 6.21 Å². The molecule has 1 amide bonds. The minimum Gasteiger partial charge on any atom is -0.307 e. The third-order valence-electron chi connectivity index (χ3n) is 5.30. The highest BCUT2D eigenvalue weighted by Crippen LogP contribution is 2.26. The lowest BCUT2D eigenvalue weighted by Crippen LogP contribution is -2.63. The monoisotopic (exact) mass is 336 g/mol. The van der Waals surface area contributed by atoms with Gasteiger partial charge in [0.05, 0.1) is 12.8 Å². The van der Waals surface area contributed by atoms with E-state index in [1.165, 1.54) is 38.5 Å². The molecule has 0 spiro atoms. The normalized spacial score (nSPS) is 24.6. The highest BCUT2D eigenvalue weighted by atomic mass is 16.1. The molecule has 3 unspecified atom stereocenters. The predicted octanol–water partition coefficient (Wildman–Crippen LogP) is 4.41. The number of hydrogen-bond acceptors (Lipinski definition) is 2. The third-order valence-corrected chi connectivity index (χ3v) is 5.30. The van der Waals surface area contributed by atoms with Gasteiger partial charge in [0, 0.05) is 20.3 Å². The van der Waals surface area contributed by atoms with Crippen LogP contribution in [0.15, 0.2) is 17.1 Å². The second-order valence-electron chi connectivity index (χ2n) is 7.04. The molecule has 0 aromatic carbocycles. The molecule has 0 aromatic rings. The van der Waals surface area contributed by atoms with Gasteiger partial charge in [0.25, 0.3) is 0 Å². The molecule has 1 heterocycles. The molecule has 0 fully saturated rings. The number of nitrogens with one attached hydrogen (secondary N) is 1. The molecule has 0 bridgehead atoms. The van der Waals surface area contributed by atoms with E-state index >= 15 is 0 Å². The van der Waals surface area contributed by atoms with Gasteiger partial charge in [-0.05, 0) is 26.2 Å². The Morgan fingerprint density at radius 1 is 1.25 bits per heavy atom. The van der Waals surface area contributed by atoms with Crippen molar-refractivity contribution in [3.63, 3.8) is 0 Å². The summed E-state index contributed by atoms with van der Waals surface area (Å²) in [6.07, 6.45) is 17.1. The van der Waals surface area contributed by atoms with Crippen molar-refractivity contribution in [3.05, 3.63) is 12.2 Å². The SMILES string of the molecule is CCCCCCC/C=C/CCC1N=CC[N+]1(CC)C(C)NC(C)=O. The summed E-state index contributed by atoms with van der Waals surface area (Å²) in [4.78, 5) is 16.1. The van der Waals surface area contributed by atoms with E-state index in [0.29, 0.717) is 0 Å². The van der Waals surface area contributed by atoms with Crippen LogP contribution in [0.4, 0.5) is 0 Å². The van der Waals surface area contributed by atoms with Crippen molar-refractivity contribution in [2.45, 2.75) is 91.4 Å². The van der Waals surface area contributed by atoms with Crippen LogP contribution in [0.25, 0.3) is 0 Å². The molecular formula is C20H38N3O+. The van der Waals surface area contributed by atoms with Crippen molar-refractivity contribution in [2.24, 2.45) is 4.99 Å². The summed E-state index contributed by atoms with van der Waals surface area (Å²) in [7, 11) is 0. The van der Waals surface area contributed by atoms with Gasteiger partial charge in [-0.2, -0.15) is 0 Å². The van der Waals surface area contributed by atoms with E-state index in [4.69, 9.17) is 4.99 Å². The predicted molar refractivity (Wildman–Crippen MR) is 103 cm³/mol. The van der Waals surface area contributed by atoms with Crippen LogP contribution in [0.3, 0.4) is 0 Å². The summed E-state index contributed by atoms with van der Waals surface area (Å²) < 4.78 is 0.852. The number of aliphatic imine (C=N–C) groups is 1. The van der Waals surface area contributed by atoms with E-state index in [-0.39, 0.29) is 18.2 Å². The van der Waals surface area contributed by atoms with E-state index in [1.54, 1.807) is 6.92 Å². The molecule has 0 saturated carbocycles. The first-order valence-corrected chi connectivity index (χ1v) is 9.87. The Morgan fingerprint density at radius 2 is 1.96 bits per heavy atom. The first kappa shape index (κ1) is 20.9. The van der Waals surface area contributed by atoms with Crippen LogP contribution >= 0.6 is 0 Å². The molecule has 4 nitrogen and oxygen atoms in total. The van der Waals surface area contributed by atoms with Gasteiger partial charge in [0.15, 0.2) is 12.3 Å².